The van der Waals surface area contributed by atoms with Crippen molar-refractivity contribution < 1.29 is 9.47 Å². The smallest absolute Gasteiger partial charge is 0.329 e. The number of imidazole rings is 1. The van der Waals surface area contributed by atoms with Crippen molar-refractivity contribution in [1.82, 2.24) is 29.8 Å². The summed E-state index contributed by atoms with van der Waals surface area (Å²) < 4.78 is 14.8. The Kier molecular flexibility index (Phi) is 7.35. The molecule has 0 amide bonds. The first kappa shape index (κ1) is 25.0. The van der Waals surface area contributed by atoms with Crippen molar-refractivity contribution in [3.63, 3.8) is 0 Å². The lowest BCUT2D eigenvalue weighted by Crippen LogP contribution is -2.28. The summed E-state index contributed by atoms with van der Waals surface area (Å²) >= 11 is 0. The van der Waals surface area contributed by atoms with E-state index in [1.165, 1.54) is 0 Å². The van der Waals surface area contributed by atoms with Crippen molar-refractivity contribution in [1.29, 1.82) is 0 Å². The highest BCUT2D eigenvalue weighted by Crippen LogP contribution is 2.38. The number of hydrogen-bond donors (Lipinski definition) is 1. The molecule has 38 heavy (non-hydrogen) atoms. The standard InChI is InChI=1S/C29H30N6O3/c1-4-8-24(27-25(37-2)11-7-12-26(27)38-3)35-18-17-34(29(35)36)19-20-13-15-21(16-14-20)22-9-5-6-10-23(22)28-30-32-33-31-28/h5-7,9-18,24H,4,8,19H2,1-3H3,(H,30,31,32,33). The number of tetrazole rings is 1. The highest BCUT2D eigenvalue weighted by Gasteiger charge is 2.24. The molecule has 0 fully saturated rings. The Hall–Kier alpha value is -4.66. The lowest BCUT2D eigenvalue weighted by molar-refractivity contribution is 0.366. The fourth-order valence-corrected chi connectivity index (χ4v) is 4.88. The zero-order chi connectivity index (χ0) is 26.5. The van der Waals surface area contributed by atoms with E-state index in [0.717, 1.165) is 40.7 Å². The Morgan fingerprint density at radius 2 is 1.61 bits per heavy atom. The molecule has 0 aliphatic rings. The van der Waals surface area contributed by atoms with Crippen LogP contribution in [0.15, 0.2) is 83.9 Å². The molecule has 5 aromatic rings. The Morgan fingerprint density at radius 1 is 0.895 bits per heavy atom. The minimum atomic E-state index is -0.205. The molecule has 1 atom stereocenters. The predicted octanol–water partition coefficient (Wildman–Crippen LogP) is 4.95. The van der Waals surface area contributed by atoms with Gasteiger partial charge in [0.1, 0.15) is 11.5 Å². The molecule has 9 heteroatoms. The third-order valence-electron chi connectivity index (χ3n) is 6.70. The Labute approximate surface area is 220 Å². The minimum Gasteiger partial charge on any atom is -0.496 e. The summed E-state index contributed by atoms with van der Waals surface area (Å²) in [5, 5.41) is 14.4. The summed E-state index contributed by atoms with van der Waals surface area (Å²) in [6.07, 6.45) is 5.36. The van der Waals surface area contributed by atoms with Crippen LogP contribution >= 0.6 is 0 Å². The number of methoxy groups -OCH3 is 2. The number of hydrogen-bond acceptors (Lipinski definition) is 6. The number of aromatic nitrogens is 6. The number of nitrogens with one attached hydrogen (secondary N) is 1. The molecule has 0 bridgehead atoms. The van der Waals surface area contributed by atoms with Gasteiger partial charge in [0.25, 0.3) is 0 Å². The van der Waals surface area contributed by atoms with Gasteiger partial charge in [-0.25, -0.2) is 4.79 Å². The molecule has 0 spiro atoms. The average molecular weight is 511 g/mol. The fraction of sp³-hybridized carbons (Fsp3) is 0.241. The molecule has 2 aromatic heterocycles. The van der Waals surface area contributed by atoms with Crippen molar-refractivity contribution in [2.45, 2.75) is 32.4 Å². The van der Waals surface area contributed by atoms with Crippen LogP contribution in [0.5, 0.6) is 11.5 Å². The highest BCUT2D eigenvalue weighted by atomic mass is 16.5. The molecule has 1 N–H and O–H groups in total. The fourth-order valence-electron chi connectivity index (χ4n) is 4.88. The SMILES string of the molecule is CCCC(c1c(OC)cccc1OC)n1ccn(Cc2ccc(-c3ccccc3-c3nn[nH]n3)cc2)c1=O. The van der Waals surface area contributed by atoms with Gasteiger partial charge in [0.2, 0.25) is 5.82 Å². The Bertz CT molecular complexity index is 1530. The number of rotatable bonds is 10. The van der Waals surface area contributed by atoms with Gasteiger partial charge in [-0.15, -0.1) is 10.2 Å². The van der Waals surface area contributed by atoms with E-state index in [9.17, 15) is 4.79 Å². The van der Waals surface area contributed by atoms with Crippen molar-refractivity contribution in [2.24, 2.45) is 0 Å². The highest BCUT2D eigenvalue weighted by molar-refractivity contribution is 5.80. The van der Waals surface area contributed by atoms with Gasteiger partial charge in [-0.1, -0.05) is 67.9 Å². The van der Waals surface area contributed by atoms with Crippen LogP contribution in [0, 0.1) is 0 Å². The van der Waals surface area contributed by atoms with Crippen molar-refractivity contribution in [3.8, 4) is 34.0 Å². The van der Waals surface area contributed by atoms with Gasteiger partial charge < -0.3 is 9.47 Å². The first-order chi connectivity index (χ1) is 18.6. The van der Waals surface area contributed by atoms with E-state index in [1.807, 2.05) is 67.0 Å². The van der Waals surface area contributed by atoms with Gasteiger partial charge in [-0.2, -0.15) is 5.21 Å². The lowest BCUT2D eigenvalue weighted by Gasteiger charge is -2.22. The van der Waals surface area contributed by atoms with Crippen LogP contribution in [0.25, 0.3) is 22.5 Å². The van der Waals surface area contributed by atoms with E-state index >= 15 is 0 Å². The van der Waals surface area contributed by atoms with Crippen molar-refractivity contribution >= 4 is 0 Å². The first-order valence-corrected chi connectivity index (χ1v) is 12.5. The van der Waals surface area contributed by atoms with Crippen molar-refractivity contribution in [2.75, 3.05) is 14.2 Å². The van der Waals surface area contributed by atoms with Crippen LogP contribution in [0.3, 0.4) is 0 Å². The maximum absolute atomic E-state index is 13.5. The van der Waals surface area contributed by atoms with Crippen LogP contribution in [0.4, 0.5) is 0 Å². The Morgan fingerprint density at radius 3 is 2.24 bits per heavy atom. The number of benzene rings is 3. The number of H-pyrrole nitrogens is 1. The van der Waals surface area contributed by atoms with Gasteiger partial charge in [0.15, 0.2) is 0 Å². The predicted molar refractivity (Wildman–Crippen MR) is 145 cm³/mol. The van der Waals surface area contributed by atoms with Crippen LogP contribution in [0.1, 0.15) is 36.9 Å². The minimum absolute atomic E-state index is 0.0806. The quantitative estimate of drug-likeness (QED) is 0.285. The zero-order valence-corrected chi connectivity index (χ0v) is 21.7. The molecule has 5 rings (SSSR count). The molecule has 0 saturated heterocycles. The van der Waals surface area contributed by atoms with E-state index in [0.29, 0.717) is 23.9 Å². The molecule has 194 valence electrons. The average Bonchev–Trinajstić information content (AvgIpc) is 3.62. The second-order valence-corrected chi connectivity index (χ2v) is 8.97. The van der Waals surface area contributed by atoms with Gasteiger partial charge in [-0.05, 0) is 40.5 Å². The topological polar surface area (TPSA) is 99.8 Å². The molecular weight excluding hydrogens is 480 g/mol. The van der Waals surface area contributed by atoms with Crippen LogP contribution in [0.2, 0.25) is 0 Å². The van der Waals surface area contributed by atoms with E-state index in [4.69, 9.17) is 9.47 Å². The van der Waals surface area contributed by atoms with E-state index in [-0.39, 0.29) is 11.7 Å². The Balaban J connectivity index is 1.43. The van der Waals surface area contributed by atoms with E-state index < -0.39 is 0 Å². The molecule has 0 radical (unpaired) electrons. The summed E-state index contributed by atoms with van der Waals surface area (Å²) in [5.41, 5.74) is 4.76. The second kappa shape index (κ2) is 11.2. The monoisotopic (exact) mass is 510 g/mol. The molecule has 9 nitrogen and oxygen atoms in total. The first-order valence-electron chi connectivity index (χ1n) is 12.5. The largest absolute Gasteiger partial charge is 0.496 e. The van der Waals surface area contributed by atoms with Gasteiger partial charge in [0, 0.05) is 18.0 Å². The summed E-state index contributed by atoms with van der Waals surface area (Å²) in [7, 11) is 3.28. The van der Waals surface area contributed by atoms with Crippen LogP contribution < -0.4 is 15.2 Å². The van der Waals surface area contributed by atoms with Gasteiger partial charge in [-0.3, -0.25) is 9.13 Å². The maximum Gasteiger partial charge on any atom is 0.329 e. The number of ether oxygens (including phenoxy) is 2. The van der Waals surface area contributed by atoms with Crippen molar-refractivity contribution in [3.05, 3.63) is 101 Å². The normalized spacial score (nSPS) is 11.9. The molecular formula is C29H30N6O3. The number of nitrogens with zero attached hydrogens (tertiary/aromatic N) is 5. The third kappa shape index (κ3) is 4.82. The van der Waals surface area contributed by atoms with E-state index in [2.05, 4.69) is 39.7 Å². The number of aromatic amines is 1. The van der Waals surface area contributed by atoms with Gasteiger partial charge >= 0.3 is 5.69 Å². The zero-order valence-electron chi connectivity index (χ0n) is 21.7. The molecule has 1 unspecified atom stereocenters. The summed E-state index contributed by atoms with van der Waals surface area (Å²) in [6, 6.07) is 21.6. The summed E-state index contributed by atoms with van der Waals surface area (Å²) in [5.74, 6) is 1.96. The lowest BCUT2D eigenvalue weighted by atomic mass is 9.98. The van der Waals surface area contributed by atoms with Crippen LogP contribution in [-0.2, 0) is 6.54 Å². The molecule has 2 heterocycles. The van der Waals surface area contributed by atoms with Crippen LogP contribution in [-0.4, -0.2) is 44.0 Å². The molecule has 0 aliphatic carbocycles. The molecule has 0 aliphatic heterocycles. The maximum atomic E-state index is 13.5. The third-order valence-corrected chi connectivity index (χ3v) is 6.70. The van der Waals surface area contributed by atoms with Gasteiger partial charge in [0.05, 0.1) is 32.4 Å². The molecule has 0 saturated carbocycles. The summed E-state index contributed by atoms with van der Waals surface area (Å²) in [6.45, 7) is 2.57. The summed E-state index contributed by atoms with van der Waals surface area (Å²) in [4.78, 5) is 13.5. The second-order valence-electron chi connectivity index (χ2n) is 8.97. The van der Waals surface area contributed by atoms with E-state index in [1.54, 1.807) is 23.4 Å². The molecule has 3 aromatic carbocycles.